The zero-order valence-electron chi connectivity index (χ0n) is 25.3. The molecule has 8 heteroatoms. The molecule has 0 saturated carbocycles. The molecular formula is C36H40ClN5O2. The molecule has 6 rings (SSSR count). The molecule has 4 aromatic carbocycles. The van der Waals surface area contributed by atoms with E-state index < -0.39 is 16.7 Å². The third kappa shape index (κ3) is 5.57. The average molecular weight is 610 g/mol. The molecule has 7 nitrogen and oxygen atoms in total. The van der Waals surface area contributed by atoms with E-state index in [9.17, 15) is 0 Å². The molecule has 2 aliphatic rings. The second-order valence-electron chi connectivity index (χ2n) is 11.3. The van der Waals surface area contributed by atoms with E-state index in [1.54, 1.807) is 14.2 Å². The largest absolute Gasteiger partial charge is 0.497 e. The van der Waals surface area contributed by atoms with Gasteiger partial charge in [-0.1, -0.05) is 78.9 Å². The van der Waals surface area contributed by atoms with Crippen molar-refractivity contribution in [3.63, 3.8) is 0 Å². The van der Waals surface area contributed by atoms with E-state index in [1.807, 2.05) is 60.7 Å². The van der Waals surface area contributed by atoms with E-state index in [-0.39, 0.29) is 0 Å². The van der Waals surface area contributed by atoms with Crippen LogP contribution in [0, 0.1) is 0 Å². The highest BCUT2D eigenvalue weighted by molar-refractivity contribution is 6.38. The second kappa shape index (κ2) is 13.0. The number of alkyl halides is 1. The quantitative estimate of drug-likeness (QED) is 0.212. The second-order valence-corrected chi connectivity index (χ2v) is 11.8. The summed E-state index contributed by atoms with van der Waals surface area (Å²) in [6, 6.07) is 34.8. The molecule has 2 atom stereocenters. The molecule has 0 aliphatic carbocycles. The van der Waals surface area contributed by atoms with Crippen LogP contribution in [-0.2, 0) is 10.5 Å². The normalized spacial score (nSPS) is 18.5. The molecule has 4 N–H and O–H groups in total. The van der Waals surface area contributed by atoms with Crippen molar-refractivity contribution in [1.82, 2.24) is 15.5 Å². The first-order chi connectivity index (χ1) is 21.5. The number of nitrogens with one attached hydrogen (secondary N) is 2. The van der Waals surface area contributed by atoms with Crippen molar-refractivity contribution in [2.45, 2.75) is 29.5 Å². The lowest BCUT2D eigenvalue weighted by molar-refractivity contribution is 0.0956. The Morgan fingerprint density at radius 1 is 0.795 bits per heavy atom. The highest BCUT2D eigenvalue weighted by Crippen LogP contribution is 2.43. The van der Waals surface area contributed by atoms with Crippen LogP contribution in [0.15, 0.2) is 108 Å². The molecule has 228 valence electrons. The molecule has 0 aromatic heterocycles. The lowest BCUT2D eigenvalue weighted by atomic mass is 9.85. The molecule has 0 bridgehead atoms. The number of hydrogen-bond donors (Lipinski definition) is 3. The third-order valence-corrected chi connectivity index (χ3v) is 9.33. The smallest absolute Gasteiger partial charge is 0.152 e. The minimum Gasteiger partial charge on any atom is -0.497 e. The zero-order valence-corrected chi connectivity index (χ0v) is 26.1. The Bertz CT molecular complexity index is 1590. The van der Waals surface area contributed by atoms with Gasteiger partial charge in [-0.05, 0) is 78.0 Å². The van der Waals surface area contributed by atoms with E-state index in [0.29, 0.717) is 6.54 Å². The van der Waals surface area contributed by atoms with Crippen LogP contribution in [0.4, 0.5) is 0 Å². The van der Waals surface area contributed by atoms with Crippen molar-refractivity contribution in [2.75, 3.05) is 40.4 Å². The van der Waals surface area contributed by atoms with Crippen molar-refractivity contribution < 1.29 is 9.47 Å². The van der Waals surface area contributed by atoms with Crippen LogP contribution < -0.4 is 25.8 Å². The maximum absolute atomic E-state index is 7.85. The Kier molecular flexibility index (Phi) is 8.91. The average Bonchev–Trinajstić information content (AvgIpc) is 3.11. The van der Waals surface area contributed by atoms with Crippen LogP contribution >= 0.6 is 11.6 Å². The minimum atomic E-state index is -1.08. The van der Waals surface area contributed by atoms with Crippen molar-refractivity contribution in [2.24, 2.45) is 10.7 Å². The number of benzene rings is 4. The lowest BCUT2D eigenvalue weighted by Gasteiger charge is -2.51. The van der Waals surface area contributed by atoms with E-state index in [0.717, 1.165) is 77.6 Å². The summed E-state index contributed by atoms with van der Waals surface area (Å²) in [6.45, 7) is 3.06. The molecule has 44 heavy (non-hydrogen) atoms. The number of amidine groups is 1. The summed E-state index contributed by atoms with van der Waals surface area (Å²) in [5.74, 6) is 2.30. The van der Waals surface area contributed by atoms with Crippen LogP contribution in [0.2, 0.25) is 0 Å². The van der Waals surface area contributed by atoms with Crippen LogP contribution in [0.3, 0.4) is 0 Å². The number of methoxy groups -OCH3 is 2. The number of nitrogens with two attached hydrogens (primary N) is 1. The van der Waals surface area contributed by atoms with Crippen molar-refractivity contribution in [3.05, 3.63) is 120 Å². The molecule has 2 unspecified atom stereocenters. The van der Waals surface area contributed by atoms with Crippen LogP contribution in [-0.4, -0.2) is 57.3 Å². The van der Waals surface area contributed by atoms with Gasteiger partial charge in [0.05, 0.1) is 14.2 Å². The Morgan fingerprint density at radius 2 is 1.45 bits per heavy atom. The monoisotopic (exact) mass is 609 g/mol. The maximum Gasteiger partial charge on any atom is 0.152 e. The van der Waals surface area contributed by atoms with Gasteiger partial charge in [0, 0.05) is 13.1 Å². The van der Waals surface area contributed by atoms with E-state index in [4.69, 9.17) is 31.8 Å². The van der Waals surface area contributed by atoms with Gasteiger partial charge in [0.1, 0.15) is 29.2 Å². The van der Waals surface area contributed by atoms with Gasteiger partial charge >= 0.3 is 0 Å². The van der Waals surface area contributed by atoms with Gasteiger partial charge in [0.2, 0.25) is 0 Å². The van der Waals surface area contributed by atoms with Crippen LogP contribution in [0.25, 0.3) is 11.1 Å². The SMILES string of the molecule is COc1cccc(-c2ccc(C3(C(N)N4CCCN=C4C(Cl)(c4ccccc4)c4cccc(OC)c4)NCCCN3)cc2)c1. The van der Waals surface area contributed by atoms with Crippen molar-refractivity contribution in [3.8, 4) is 22.6 Å². The molecule has 2 heterocycles. The Morgan fingerprint density at radius 3 is 2.16 bits per heavy atom. The van der Waals surface area contributed by atoms with Gasteiger partial charge in [0.25, 0.3) is 0 Å². The van der Waals surface area contributed by atoms with Gasteiger partial charge in [-0.2, -0.15) is 0 Å². The van der Waals surface area contributed by atoms with Crippen molar-refractivity contribution >= 4 is 17.4 Å². The van der Waals surface area contributed by atoms with Crippen LogP contribution in [0.5, 0.6) is 11.5 Å². The topological polar surface area (TPSA) is 84.1 Å². The van der Waals surface area contributed by atoms with E-state index >= 15 is 0 Å². The van der Waals surface area contributed by atoms with Crippen molar-refractivity contribution in [1.29, 1.82) is 0 Å². The predicted molar refractivity (Wildman–Crippen MR) is 178 cm³/mol. The molecule has 4 aromatic rings. The first kappa shape index (κ1) is 30.2. The Labute approximate surface area is 265 Å². The molecule has 1 fully saturated rings. The number of rotatable bonds is 9. The first-order valence-electron chi connectivity index (χ1n) is 15.2. The van der Waals surface area contributed by atoms with E-state index in [2.05, 4.69) is 58.0 Å². The third-order valence-electron chi connectivity index (χ3n) is 8.72. The molecule has 1 saturated heterocycles. The van der Waals surface area contributed by atoms with Gasteiger partial charge < -0.3 is 20.1 Å². The Hall–Kier alpha value is -3.88. The number of ether oxygens (including phenoxy) is 2. The molecular weight excluding hydrogens is 570 g/mol. The molecule has 0 amide bonds. The fraction of sp³-hybridized carbons (Fsp3) is 0.306. The molecule has 0 radical (unpaired) electrons. The van der Waals surface area contributed by atoms with E-state index in [1.165, 1.54) is 0 Å². The highest BCUT2D eigenvalue weighted by Gasteiger charge is 2.49. The summed E-state index contributed by atoms with van der Waals surface area (Å²) in [6.07, 6.45) is 1.36. The zero-order chi connectivity index (χ0) is 30.6. The summed E-state index contributed by atoms with van der Waals surface area (Å²) in [5, 5.41) is 7.55. The summed E-state index contributed by atoms with van der Waals surface area (Å²) in [5.41, 5.74) is 11.7. The molecule has 2 aliphatic heterocycles. The summed E-state index contributed by atoms with van der Waals surface area (Å²) in [4.78, 5) is 6.24. The number of halogens is 1. The standard InChI is InChI=1S/C36H40ClN5O2/c1-43-31-14-6-10-27(24-31)26-16-18-29(19-17-26)36(40-21-8-22-41-36)33(38)42-23-9-20-39-34(42)35(37,28-11-4-3-5-12-28)30-13-7-15-32(25-30)44-2/h3-7,10-19,24-25,33,40-41H,8-9,20-23,38H2,1-2H3. The number of hydrogen-bond acceptors (Lipinski definition) is 7. The minimum absolute atomic E-state index is 0.517. The lowest BCUT2D eigenvalue weighted by Crippen LogP contribution is -2.73. The number of aliphatic imine (C=N–C) groups is 1. The Balaban J connectivity index is 1.42. The first-order valence-corrected chi connectivity index (χ1v) is 15.6. The van der Waals surface area contributed by atoms with Gasteiger partial charge in [0.15, 0.2) is 4.87 Å². The predicted octanol–water partition coefficient (Wildman–Crippen LogP) is 5.68. The summed E-state index contributed by atoms with van der Waals surface area (Å²) >= 11 is 7.85. The van der Waals surface area contributed by atoms with Gasteiger partial charge in [-0.25, -0.2) is 0 Å². The number of nitrogens with zero attached hydrogens (tertiary/aromatic N) is 2. The van der Waals surface area contributed by atoms with Gasteiger partial charge in [-0.15, -0.1) is 11.6 Å². The maximum atomic E-state index is 7.85. The summed E-state index contributed by atoms with van der Waals surface area (Å²) in [7, 11) is 3.36. The van der Waals surface area contributed by atoms with Crippen LogP contribution in [0.1, 0.15) is 29.5 Å². The summed E-state index contributed by atoms with van der Waals surface area (Å²) < 4.78 is 11.1. The van der Waals surface area contributed by atoms with Gasteiger partial charge in [-0.3, -0.25) is 15.6 Å². The fourth-order valence-corrected chi connectivity index (χ4v) is 6.81. The highest BCUT2D eigenvalue weighted by atomic mass is 35.5. The molecule has 0 spiro atoms. The fourth-order valence-electron chi connectivity index (χ4n) is 6.40.